The number of hydrogen-bond donors (Lipinski definition) is 3. The zero-order chi connectivity index (χ0) is 23.3. The first-order valence-corrected chi connectivity index (χ1v) is 10.9. The molecule has 1 fully saturated rings. The van der Waals surface area contributed by atoms with E-state index in [-0.39, 0.29) is 30.1 Å². The number of benzene rings is 2. The number of rotatable bonds is 10. The van der Waals surface area contributed by atoms with Crippen LogP contribution in [0.25, 0.3) is 0 Å². The molecule has 2 unspecified atom stereocenters. The number of nitrogens with one attached hydrogen (secondary N) is 1. The monoisotopic (exact) mass is 458 g/mol. The van der Waals surface area contributed by atoms with Crippen molar-refractivity contribution in [2.45, 2.75) is 36.6 Å². The van der Waals surface area contributed by atoms with Crippen LogP contribution in [0.3, 0.4) is 0 Å². The van der Waals surface area contributed by atoms with Crippen molar-refractivity contribution in [2.24, 2.45) is 0 Å². The van der Waals surface area contributed by atoms with E-state index in [1.807, 2.05) is 18.2 Å². The third kappa shape index (κ3) is 5.32. The van der Waals surface area contributed by atoms with Crippen LogP contribution in [0.2, 0.25) is 0 Å². The highest BCUT2D eigenvalue weighted by Gasteiger charge is 2.48. The van der Waals surface area contributed by atoms with Gasteiger partial charge in [0.15, 0.2) is 10.7 Å². The number of hydrogen-bond acceptors (Lipinski definition) is 7. The molecule has 0 aromatic heterocycles. The minimum Gasteiger partial charge on any atom is -0.481 e. The first kappa shape index (κ1) is 23.4. The molecule has 0 bridgehead atoms. The SMILES string of the molecule is O=C(O)CCc1cccc(CCC(=O)C2(c3cccc([N+](=O)[O-])c3)NC(C(=O)O)CS2)c1. The number of aliphatic carboxylic acids is 2. The Kier molecular flexibility index (Phi) is 7.26. The maximum Gasteiger partial charge on any atom is 0.321 e. The summed E-state index contributed by atoms with van der Waals surface area (Å²) in [5, 5.41) is 32.4. The van der Waals surface area contributed by atoms with Gasteiger partial charge in [0.1, 0.15) is 6.04 Å². The highest BCUT2D eigenvalue weighted by molar-refractivity contribution is 8.01. The Bertz CT molecular complexity index is 1060. The van der Waals surface area contributed by atoms with Crippen molar-refractivity contribution < 1.29 is 29.5 Å². The largest absolute Gasteiger partial charge is 0.481 e. The summed E-state index contributed by atoms with van der Waals surface area (Å²) in [7, 11) is 0. The van der Waals surface area contributed by atoms with Crippen LogP contribution in [0.15, 0.2) is 48.5 Å². The van der Waals surface area contributed by atoms with Crippen LogP contribution in [0, 0.1) is 10.1 Å². The number of carbonyl (C=O) groups excluding carboxylic acids is 1. The molecular weight excluding hydrogens is 436 g/mol. The number of non-ortho nitro benzene ring substituents is 1. The molecule has 2 aromatic rings. The lowest BCUT2D eigenvalue weighted by Gasteiger charge is -2.28. The van der Waals surface area contributed by atoms with Crippen molar-refractivity contribution in [3.05, 3.63) is 75.3 Å². The van der Waals surface area contributed by atoms with Gasteiger partial charge in [0.25, 0.3) is 5.69 Å². The van der Waals surface area contributed by atoms with Crippen LogP contribution in [0.5, 0.6) is 0 Å². The lowest BCUT2D eigenvalue weighted by atomic mass is 9.95. The van der Waals surface area contributed by atoms with Gasteiger partial charge in [-0.05, 0) is 29.5 Å². The first-order chi connectivity index (χ1) is 15.2. The average Bonchev–Trinajstić information content (AvgIpc) is 3.24. The van der Waals surface area contributed by atoms with Crippen molar-refractivity contribution >= 4 is 35.2 Å². The normalized spacial score (nSPS) is 20.1. The molecule has 10 heteroatoms. The number of carboxylic acids is 2. The molecule has 1 saturated heterocycles. The number of aryl methyl sites for hydroxylation is 2. The van der Waals surface area contributed by atoms with Crippen molar-refractivity contribution in [1.29, 1.82) is 0 Å². The lowest BCUT2D eigenvalue weighted by molar-refractivity contribution is -0.384. The summed E-state index contributed by atoms with van der Waals surface area (Å²) in [6.45, 7) is 0. The summed E-state index contributed by atoms with van der Waals surface area (Å²) < 4.78 is 0. The minimum absolute atomic E-state index is 0.00934. The van der Waals surface area contributed by atoms with Crippen molar-refractivity contribution in [1.82, 2.24) is 5.32 Å². The van der Waals surface area contributed by atoms with Crippen LogP contribution in [0.1, 0.15) is 29.5 Å². The molecule has 2 atom stereocenters. The fourth-order valence-corrected chi connectivity index (χ4v) is 5.05. The Balaban J connectivity index is 1.82. The summed E-state index contributed by atoms with van der Waals surface area (Å²) in [6.07, 6.45) is 0.843. The third-order valence-electron chi connectivity index (χ3n) is 5.26. The lowest BCUT2D eigenvalue weighted by Crippen LogP contribution is -2.48. The van der Waals surface area contributed by atoms with E-state index in [0.29, 0.717) is 18.4 Å². The fourth-order valence-electron chi connectivity index (χ4n) is 3.62. The Hall–Kier alpha value is -3.24. The maximum absolute atomic E-state index is 13.4. The van der Waals surface area contributed by atoms with Gasteiger partial charge in [0.2, 0.25) is 0 Å². The van der Waals surface area contributed by atoms with E-state index < -0.39 is 27.8 Å². The molecule has 1 heterocycles. The van der Waals surface area contributed by atoms with Crippen molar-refractivity contribution in [2.75, 3.05) is 5.75 Å². The molecule has 0 spiro atoms. The molecule has 168 valence electrons. The molecule has 2 aromatic carbocycles. The molecule has 3 rings (SSSR count). The van der Waals surface area contributed by atoms with Gasteiger partial charge >= 0.3 is 11.9 Å². The smallest absolute Gasteiger partial charge is 0.321 e. The molecule has 0 amide bonds. The number of nitro benzene ring substituents is 1. The number of ketones is 1. The summed E-state index contributed by atoms with van der Waals surface area (Å²) in [5.74, 6) is -2.11. The number of nitrogens with zero attached hydrogens (tertiary/aromatic N) is 1. The van der Waals surface area contributed by atoms with Gasteiger partial charge in [0.05, 0.1) is 4.92 Å². The Morgan fingerprint density at radius 3 is 2.31 bits per heavy atom. The number of thioether (sulfide) groups is 1. The van der Waals surface area contributed by atoms with Crippen LogP contribution in [-0.4, -0.2) is 44.7 Å². The second-order valence-corrected chi connectivity index (χ2v) is 8.71. The van der Waals surface area contributed by atoms with E-state index in [1.54, 1.807) is 12.1 Å². The van der Waals surface area contributed by atoms with Gasteiger partial charge < -0.3 is 10.2 Å². The van der Waals surface area contributed by atoms with Crippen molar-refractivity contribution in [3.63, 3.8) is 0 Å². The summed E-state index contributed by atoms with van der Waals surface area (Å²) >= 11 is 1.13. The predicted molar refractivity (Wildman–Crippen MR) is 118 cm³/mol. The second kappa shape index (κ2) is 9.92. The Morgan fingerprint density at radius 2 is 1.72 bits per heavy atom. The number of nitro groups is 1. The van der Waals surface area contributed by atoms with Gasteiger partial charge in [-0.1, -0.05) is 36.4 Å². The standard InChI is InChI=1S/C22H22N2O7S/c25-19(9-7-14-3-1-4-15(11-14)8-10-20(26)27)22(23-18(13-32-22)21(28)29)16-5-2-6-17(12-16)24(30)31/h1-6,11-12,18,23H,7-10,13H2,(H,26,27)(H,28,29). The van der Waals surface area contributed by atoms with E-state index in [9.17, 15) is 29.6 Å². The first-order valence-electron chi connectivity index (χ1n) is 9.93. The molecule has 0 radical (unpaired) electrons. The third-order valence-corrected chi connectivity index (χ3v) is 6.77. The van der Waals surface area contributed by atoms with Gasteiger partial charge in [-0.15, -0.1) is 11.8 Å². The maximum atomic E-state index is 13.4. The summed E-state index contributed by atoms with van der Waals surface area (Å²) in [5.41, 5.74) is 1.88. The van der Waals surface area contributed by atoms with E-state index in [1.165, 1.54) is 18.2 Å². The molecule has 1 aliphatic heterocycles. The van der Waals surface area contributed by atoms with Crippen LogP contribution in [0.4, 0.5) is 5.69 Å². The number of Topliss-reactive ketones (excluding diaryl/α,β-unsaturated/α-hetero) is 1. The Labute approximate surface area is 188 Å². The highest BCUT2D eigenvalue weighted by atomic mass is 32.2. The average molecular weight is 458 g/mol. The quantitative estimate of drug-likeness (QED) is 0.361. The zero-order valence-corrected chi connectivity index (χ0v) is 17.8. The van der Waals surface area contributed by atoms with E-state index in [0.717, 1.165) is 22.9 Å². The van der Waals surface area contributed by atoms with Gasteiger partial charge in [-0.25, -0.2) is 0 Å². The summed E-state index contributed by atoms with van der Waals surface area (Å²) in [6, 6.07) is 12.0. The van der Waals surface area contributed by atoms with E-state index in [4.69, 9.17) is 5.11 Å². The van der Waals surface area contributed by atoms with E-state index in [2.05, 4.69) is 5.32 Å². The number of carboxylic acid groups (broad SMARTS) is 2. The minimum atomic E-state index is -1.39. The van der Waals surface area contributed by atoms with Gasteiger partial charge in [-0.2, -0.15) is 0 Å². The summed E-state index contributed by atoms with van der Waals surface area (Å²) in [4.78, 5) is 44.9. The van der Waals surface area contributed by atoms with Crippen molar-refractivity contribution in [3.8, 4) is 0 Å². The topological polar surface area (TPSA) is 147 Å². The molecule has 1 aliphatic rings. The molecule has 9 nitrogen and oxygen atoms in total. The second-order valence-electron chi connectivity index (χ2n) is 7.47. The molecule has 32 heavy (non-hydrogen) atoms. The van der Waals surface area contributed by atoms with Crippen LogP contribution < -0.4 is 5.32 Å². The Morgan fingerprint density at radius 1 is 1.06 bits per heavy atom. The van der Waals surface area contributed by atoms with Crippen LogP contribution in [-0.2, 0) is 32.1 Å². The molecular formula is C22H22N2O7S. The number of carbonyl (C=O) groups is 3. The molecule has 0 saturated carbocycles. The van der Waals surface area contributed by atoms with E-state index >= 15 is 0 Å². The predicted octanol–water partition coefficient (Wildman–Crippen LogP) is 2.76. The molecule has 0 aliphatic carbocycles. The highest BCUT2D eigenvalue weighted by Crippen LogP contribution is 2.42. The van der Waals surface area contributed by atoms with Gasteiger partial charge in [0, 0.05) is 30.7 Å². The fraction of sp³-hybridized carbons (Fsp3) is 0.318. The zero-order valence-electron chi connectivity index (χ0n) is 17.0. The molecule has 3 N–H and O–H groups in total. The van der Waals surface area contributed by atoms with Gasteiger partial charge in [-0.3, -0.25) is 29.8 Å². The van der Waals surface area contributed by atoms with Crippen LogP contribution >= 0.6 is 11.8 Å².